The van der Waals surface area contributed by atoms with E-state index in [1.807, 2.05) is 0 Å². The molecule has 0 aromatic carbocycles. The number of nitrogens with two attached hydrogens (primary N) is 1. The van der Waals surface area contributed by atoms with E-state index in [4.69, 9.17) is 10.8 Å². The maximum Gasteiger partial charge on any atom is 0.326 e. The fourth-order valence-electron chi connectivity index (χ4n) is 2.61. The summed E-state index contributed by atoms with van der Waals surface area (Å²) in [6.07, 6.45) is 1.01. The molecule has 1 saturated heterocycles. The van der Waals surface area contributed by atoms with Crippen LogP contribution in [-0.2, 0) is 9.59 Å². The summed E-state index contributed by atoms with van der Waals surface area (Å²) >= 11 is 0. The standard InChI is InChI=1S/C13H23N3O4/c1-8-5-9(2)7-16(6-8)13(20)15-10(12(18)19)3-4-11(14)17/h8-10H,3-7H2,1-2H3,(H2,14,17)(H,15,20)(H,18,19). The van der Waals surface area contributed by atoms with Crippen LogP contribution >= 0.6 is 0 Å². The summed E-state index contributed by atoms with van der Waals surface area (Å²) in [7, 11) is 0. The molecule has 20 heavy (non-hydrogen) atoms. The predicted octanol–water partition coefficient (Wildman–Crippen LogP) is 0.393. The first kappa shape index (κ1) is 16.3. The zero-order chi connectivity index (χ0) is 15.3. The minimum atomic E-state index is -1.15. The lowest BCUT2D eigenvalue weighted by Gasteiger charge is -2.35. The zero-order valence-electron chi connectivity index (χ0n) is 12.0. The third kappa shape index (κ3) is 5.07. The Bertz CT molecular complexity index is 376. The van der Waals surface area contributed by atoms with Crippen LogP contribution in [-0.4, -0.2) is 47.0 Å². The van der Waals surface area contributed by atoms with Gasteiger partial charge >= 0.3 is 12.0 Å². The van der Waals surface area contributed by atoms with Crippen LogP contribution in [0.2, 0.25) is 0 Å². The fourth-order valence-corrected chi connectivity index (χ4v) is 2.61. The van der Waals surface area contributed by atoms with Crippen molar-refractivity contribution in [2.75, 3.05) is 13.1 Å². The number of hydrogen-bond donors (Lipinski definition) is 3. The summed E-state index contributed by atoms with van der Waals surface area (Å²) < 4.78 is 0. The van der Waals surface area contributed by atoms with Gasteiger partial charge in [0.2, 0.25) is 5.91 Å². The van der Waals surface area contributed by atoms with Gasteiger partial charge in [0.1, 0.15) is 6.04 Å². The van der Waals surface area contributed by atoms with Crippen LogP contribution in [0.3, 0.4) is 0 Å². The number of hydrogen-bond acceptors (Lipinski definition) is 3. The summed E-state index contributed by atoms with van der Waals surface area (Å²) in [5.41, 5.74) is 5.00. The van der Waals surface area contributed by atoms with Crippen LogP contribution < -0.4 is 11.1 Å². The number of carbonyl (C=O) groups is 3. The summed E-state index contributed by atoms with van der Waals surface area (Å²) in [6.45, 7) is 5.38. The summed E-state index contributed by atoms with van der Waals surface area (Å²) in [5, 5.41) is 11.5. The van der Waals surface area contributed by atoms with Crippen molar-refractivity contribution in [2.24, 2.45) is 17.6 Å². The number of primary amides is 1. The highest BCUT2D eigenvalue weighted by Crippen LogP contribution is 2.20. The number of amides is 3. The molecule has 4 N–H and O–H groups in total. The molecule has 7 heteroatoms. The molecule has 3 atom stereocenters. The van der Waals surface area contributed by atoms with Crippen molar-refractivity contribution in [3.05, 3.63) is 0 Å². The van der Waals surface area contributed by atoms with Crippen molar-refractivity contribution in [1.82, 2.24) is 10.2 Å². The van der Waals surface area contributed by atoms with Crippen molar-refractivity contribution in [3.63, 3.8) is 0 Å². The lowest BCUT2D eigenvalue weighted by Crippen LogP contribution is -2.52. The van der Waals surface area contributed by atoms with Crippen LogP contribution in [0.1, 0.15) is 33.1 Å². The Hall–Kier alpha value is -1.79. The SMILES string of the molecule is CC1CC(C)CN(C(=O)NC(CCC(N)=O)C(=O)O)C1. The average molecular weight is 285 g/mol. The molecule has 0 spiro atoms. The summed E-state index contributed by atoms with van der Waals surface area (Å²) in [6, 6.07) is -1.47. The average Bonchev–Trinajstić information content (AvgIpc) is 2.32. The van der Waals surface area contributed by atoms with Crippen molar-refractivity contribution in [3.8, 4) is 0 Å². The van der Waals surface area contributed by atoms with Crippen molar-refractivity contribution < 1.29 is 19.5 Å². The number of carboxylic acid groups (broad SMARTS) is 1. The van der Waals surface area contributed by atoms with E-state index in [9.17, 15) is 14.4 Å². The molecule has 0 aromatic rings. The second-order valence-electron chi connectivity index (χ2n) is 5.70. The molecule has 0 saturated carbocycles. The van der Waals surface area contributed by atoms with E-state index in [2.05, 4.69) is 19.2 Å². The number of nitrogens with one attached hydrogen (secondary N) is 1. The molecule has 3 unspecified atom stereocenters. The molecule has 0 aromatic heterocycles. The molecule has 0 bridgehead atoms. The molecule has 0 radical (unpaired) electrons. The largest absolute Gasteiger partial charge is 0.480 e. The molecule has 1 fully saturated rings. The Kier molecular flexibility index (Phi) is 5.79. The number of urea groups is 1. The van der Waals surface area contributed by atoms with Crippen LogP contribution in [0, 0.1) is 11.8 Å². The van der Waals surface area contributed by atoms with Gasteiger partial charge in [-0.25, -0.2) is 9.59 Å². The number of likely N-dealkylation sites (tertiary alicyclic amines) is 1. The highest BCUT2D eigenvalue weighted by Gasteiger charge is 2.28. The minimum Gasteiger partial charge on any atom is -0.480 e. The molecule has 1 aliphatic heterocycles. The molecule has 0 aliphatic carbocycles. The van der Waals surface area contributed by atoms with Crippen LogP contribution in [0.4, 0.5) is 4.79 Å². The third-order valence-corrected chi connectivity index (χ3v) is 3.43. The van der Waals surface area contributed by atoms with Gasteiger partial charge in [-0.2, -0.15) is 0 Å². The minimum absolute atomic E-state index is 0.00928. The molecule has 1 rings (SSSR count). The predicted molar refractivity (Wildman–Crippen MR) is 72.9 cm³/mol. The van der Waals surface area contributed by atoms with Gasteiger partial charge in [-0.15, -0.1) is 0 Å². The quantitative estimate of drug-likeness (QED) is 0.678. The topological polar surface area (TPSA) is 113 Å². The smallest absolute Gasteiger partial charge is 0.326 e. The van der Waals surface area contributed by atoms with Gasteiger partial charge < -0.3 is 21.1 Å². The van der Waals surface area contributed by atoms with E-state index in [0.29, 0.717) is 24.9 Å². The molecule has 1 aliphatic rings. The first-order valence-electron chi connectivity index (χ1n) is 6.86. The first-order chi connectivity index (χ1) is 9.29. The van der Waals surface area contributed by atoms with Gasteiger partial charge in [0.05, 0.1) is 0 Å². The van der Waals surface area contributed by atoms with E-state index in [0.717, 1.165) is 6.42 Å². The van der Waals surface area contributed by atoms with Gasteiger partial charge in [0, 0.05) is 19.5 Å². The Balaban J connectivity index is 2.56. The van der Waals surface area contributed by atoms with Gasteiger partial charge in [0.25, 0.3) is 0 Å². The maximum atomic E-state index is 12.1. The Morgan fingerprint density at radius 2 is 1.85 bits per heavy atom. The van der Waals surface area contributed by atoms with Crippen molar-refractivity contribution in [2.45, 2.75) is 39.2 Å². The summed E-state index contributed by atoms with van der Waals surface area (Å²) in [5.74, 6) is -0.930. The fraction of sp³-hybridized carbons (Fsp3) is 0.769. The van der Waals surface area contributed by atoms with E-state index >= 15 is 0 Å². The second kappa shape index (κ2) is 7.12. The van der Waals surface area contributed by atoms with Gasteiger partial charge in [0.15, 0.2) is 0 Å². The normalized spacial score (nSPS) is 24.0. The molecule has 7 nitrogen and oxygen atoms in total. The molecule has 114 valence electrons. The number of carboxylic acids is 1. The molecule has 3 amide bonds. The number of carbonyl (C=O) groups excluding carboxylic acids is 2. The lowest BCUT2D eigenvalue weighted by atomic mass is 9.92. The van der Waals surface area contributed by atoms with E-state index < -0.39 is 17.9 Å². The maximum absolute atomic E-state index is 12.1. The number of aliphatic carboxylic acids is 1. The summed E-state index contributed by atoms with van der Waals surface area (Å²) in [4.78, 5) is 35.5. The van der Waals surface area contributed by atoms with E-state index in [1.54, 1.807) is 4.90 Å². The number of nitrogens with zero attached hydrogens (tertiary/aromatic N) is 1. The third-order valence-electron chi connectivity index (χ3n) is 3.43. The Morgan fingerprint density at radius 3 is 2.30 bits per heavy atom. The highest BCUT2D eigenvalue weighted by atomic mass is 16.4. The highest BCUT2D eigenvalue weighted by molar-refractivity contribution is 5.83. The monoisotopic (exact) mass is 285 g/mol. The van der Waals surface area contributed by atoms with Gasteiger partial charge in [-0.3, -0.25) is 4.79 Å². The van der Waals surface area contributed by atoms with Gasteiger partial charge in [-0.1, -0.05) is 13.8 Å². The van der Waals surface area contributed by atoms with Gasteiger partial charge in [-0.05, 0) is 24.7 Å². The van der Waals surface area contributed by atoms with Crippen LogP contribution in [0.25, 0.3) is 0 Å². The lowest BCUT2D eigenvalue weighted by molar-refractivity contribution is -0.139. The van der Waals surface area contributed by atoms with Crippen LogP contribution in [0.15, 0.2) is 0 Å². The second-order valence-corrected chi connectivity index (χ2v) is 5.70. The molecular formula is C13H23N3O4. The number of rotatable bonds is 5. The van der Waals surface area contributed by atoms with E-state index in [1.165, 1.54) is 0 Å². The first-order valence-corrected chi connectivity index (χ1v) is 6.86. The van der Waals surface area contributed by atoms with Crippen molar-refractivity contribution in [1.29, 1.82) is 0 Å². The Morgan fingerprint density at radius 1 is 1.30 bits per heavy atom. The Labute approximate surface area is 118 Å². The zero-order valence-corrected chi connectivity index (χ0v) is 12.0. The molecule has 1 heterocycles. The van der Waals surface area contributed by atoms with Crippen molar-refractivity contribution >= 4 is 17.9 Å². The van der Waals surface area contributed by atoms with E-state index in [-0.39, 0.29) is 18.9 Å². The number of piperidine rings is 1. The molecular weight excluding hydrogens is 262 g/mol. The van der Waals surface area contributed by atoms with Crippen LogP contribution in [0.5, 0.6) is 0 Å².